The number of carbonyl (C=O) groups is 1. The summed E-state index contributed by atoms with van der Waals surface area (Å²) in [4.78, 5) is 19.1. The van der Waals surface area contributed by atoms with Crippen LogP contribution < -0.4 is 10.6 Å². The molecule has 5 aromatic rings. The van der Waals surface area contributed by atoms with E-state index in [1.54, 1.807) is 29.4 Å². The molecule has 1 amide bonds. The standard InChI is InChI=1S/C32H29ClN8O2/c1-2-27(19-7-4-3-5-8-19)38-29-22(14-34)15-35-31-25(29)12-23(13-26(31)33)37-30(28-16-36-40-39-28)20-9-6-10-21(11-20)32(43)41-17-24(42)18-41/h3-13,15-16,24,27,30,37,42H,2,17-18H2,1H3,(H,35,38)(H,36,39,40)/t27-,30+/m1/s1. The number of hydrogen-bond donors (Lipinski definition) is 4. The fraction of sp³-hybridized carbons (Fsp3) is 0.219. The number of amides is 1. The van der Waals surface area contributed by atoms with Crippen molar-refractivity contribution in [2.75, 3.05) is 23.7 Å². The van der Waals surface area contributed by atoms with Crippen LogP contribution >= 0.6 is 11.6 Å². The summed E-state index contributed by atoms with van der Waals surface area (Å²) >= 11 is 6.79. The third-order valence-electron chi connectivity index (χ3n) is 7.63. The highest BCUT2D eigenvalue weighted by Gasteiger charge is 2.30. The molecule has 0 radical (unpaired) electrons. The van der Waals surface area contributed by atoms with Crippen molar-refractivity contribution in [1.29, 1.82) is 5.26 Å². The molecule has 216 valence electrons. The summed E-state index contributed by atoms with van der Waals surface area (Å²) in [5.41, 5.74) is 5.30. The summed E-state index contributed by atoms with van der Waals surface area (Å²) in [6.45, 7) is 2.73. The van der Waals surface area contributed by atoms with E-state index in [0.717, 1.165) is 17.5 Å². The largest absolute Gasteiger partial charge is 0.389 e. The van der Waals surface area contributed by atoms with E-state index >= 15 is 0 Å². The SMILES string of the molecule is CC[C@@H](Nc1c(C#N)cnc2c(Cl)cc(N[C@@H](c3cccc(C(=O)N4CC(O)C4)c3)c3cn[nH]n3)cc12)c1ccccc1. The molecular weight excluding hydrogens is 564 g/mol. The molecule has 3 aromatic carbocycles. The van der Waals surface area contributed by atoms with Crippen molar-refractivity contribution >= 4 is 39.8 Å². The molecule has 2 atom stereocenters. The maximum absolute atomic E-state index is 13.0. The molecule has 1 aliphatic rings. The summed E-state index contributed by atoms with van der Waals surface area (Å²) in [6, 6.07) is 22.8. The Morgan fingerprint density at radius 2 is 1.91 bits per heavy atom. The molecule has 1 saturated heterocycles. The highest BCUT2D eigenvalue weighted by molar-refractivity contribution is 6.35. The molecule has 6 rings (SSSR count). The Morgan fingerprint density at radius 3 is 2.60 bits per heavy atom. The number of nitriles is 1. The van der Waals surface area contributed by atoms with Gasteiger partial charge in [-0.3, -0.25) is 9.78 Å². The molecule has 43 heavy (non-hydrogen) atoms. The van der Waals surface area contributed by atoms with Crippen molar-refractivity contribution in [3.05, 3.63) is 112 Å². The van der Waals surface area contributed by atoms with Crippen molar-refractivity contribution in [1.82, 2.24) is 25.3 Å². The Bertz CT molecular complexity index is 1800. The minimum Gasteiger partial charge on any atom is -0.389 e. The van der Waals surface area contributed by atoms with E-state index in [9.17, 15) is 15.2 Å². The fourth-order valence-corrected chi connectivity index (χ4v) is 5.63. The van der Waals surface area contributed by atoms with Gasteiger partial charge in [0.15, 0.2) is 0 Å². The number of aromatic amines is 1. The second kappa shape index (κ2) is 12.1. The first-order valence-electron chi connectivity index (χ1n) is 14.0. The quantitative estimate of drug-likeness (QED) is 0.177. The summed E-state index contributed by atoms with van der Waals surface area (Å²) in [7, 11) is 0. The van der Waals surface area contributed by atoms with Gasteiger partial charge in [-0.15, -0.1) is 0 Å². The number of rotatable bonds is 9. The van der Waals surface area contributed by atoms with E-state index in [4.69, 9.17) is 11.6 Å². The molecule has 4 N–H and O–H groups in total. The van der Waals surface area contributed by atoms with Gasteiger partial charge in [-0.05, 0) is 41.8 Å². The lowest BCUT2D eigenvalue weighted by Crippen LogP contribution is -2.53. The number of aliphatic hydroxyl groups excluding tert-OH is 1. The number of hydrogen-bond acceptors (Lipinski definition) is 8. The predicted octanol–water partition coefficient (Wildman–Crippen LogP) is 5.46. The van der Waals surface area contributed by atoms with Crippen LogP contribution in [0.4, 0.5) is 11.4 Å². The van der Waals surface area contributed by atoms with E-state index in [0.29, 0.717) is 57.2 Å². The Labute approximate surface area is 253 Å². The number of halogens is 1. The molecule has 10 nitrogen and oxygen atoms in total. The van der Waals surface area contributed by atoms with E-state index in [1.807, 2.05) is 42.5 Å². The van der Waals surface area contributed by atoms with Crippen molar-refractivity contribution in [2.45, 2.75) is 31.5 Å². The first-order valence-corrected chi connectivity index (χ1v) is 14.4. The monoisotopic (exact) mass is 592 g/mol. The molecule has 11 heteroatoms. The Balaban J connectivity index is 1.39. The zero-order chi connectivity index (χ0) is 29.9. The summed E-state index contributed by atoms with van der Waals surface area (Å²) in [5.74, 6) is -0.144. The van der Waals surface area contributed by atoms with Crippen LogP contribution in [0.1, 0.15) is 58.2 Å². The maximum atomic E-state index is 13.0. The second-order valence-electron chi connectivity index (χ2n) is 10.5. The van der Waals surface area contributed by atoms with Crippen LogP contribution in [-0.4, -0.2) is 55.5 Å². The van der Waals surface area contributed by atoms with Gasteiger partial charge in [-0.25, -0.2) is 0 Å². The van der Waals surface area contributed by atoms with Crippen LogP contribution in [0.3, 0.4) is 0 Å². The van der Waals surface area contributed by atoms with Gasteiger partial charge in [-0.2, -0.15) is 20.7 Å². The minimum atomic E-state index is -0.488. The van der Waals surface area contributed by atoms with Gasteiger partial charge in [-0.1, -0.05) is 61.0 Å². The highest BCUT2D eigenvalue weighted by Crippen LogP contribution is 2.37. The smallest absolute Gasteiger partial charge is 0.254 e. The van der Waals surface area contributed by atoms with Gasteiger partial charge in [0, 0.05) is 35.9 Å². The number of aliphatic hydroxyl groups is 1. The number of likely N-dealkylation sites (tertiary alicyclic amines) is 1. The van der Waals surface area contributed by atoms with Crippen LogP contribution in [0.2, 0.25) is 5.02 Å². The lowest BCUT2D eigenvalue weighted by Gasteiger charge is -2.36. The highest BCUT2D eigenvalue weighted by atomic mass is 35.5. The van der Waals surface area contributed by atoms with Crippen molar-refractivity contribution in [2.24, 2.45) is 0 Å². The van der Waals surface area contributed by atoms with E-state index in [1.165, 1.54) is 0 Å². The molecule has 1 fully saturated rings. The Kier molecular flexibility index (Phi) is 7.92. The van der Waals surface area contributed by atoms with E-state index < -0.39 is 12.1 Å². The molecule has 3 heterocycles. The van der Waals surface area contributed by atoms with Crippen molar-refractivity contribution < 1.29 is 9.90 Å². The third kappa shape index (κ3) is 5.73. The summed E-state index contributed by atoms with van der Waals surface area (Å²) in [6.07, 6.45) is 3.47. The number of anilines is 2. The normalized spacial score (nSPS) is 14.5. The van der Waals surface area contributed by atoms with Crippen LogP contribution in [0, 0.1) is 11.3 Å². The number of nitrogens with one attached hydrogen (secondary N) is 3. The lowest BCUT2D eigenvalue weighted by molar-refractivity contribution is 0.00589. The molecular formula is C32H29ClN8O2. The number of nitrogens with zero attached hydrogens (tertiary/aromatic N) is 5. The number of fused-ring (bicyclic) bond motifs is 1. The molecule has 0 aliphatic carbocycles. The molecule has 0 spiro atoms. The number of carbonyl (C=O) groups excluding carboxylic acids is 1. The van der Waals surface area contributed by atoms with Crippen LogP contribution in [0.5, 0.6) is 0 Å². The second-order valence-corrected chi connectivity index (χ2v) is 10.9. The van der Waals surface area contributed by atoms with E-state index in [-0.39, 0.29) is 11.9 Å². The predicted molar refractivity (Wildman–Crippen MR) is 165 cm³/mol. The summed E-state index contributed by atoms with van der Waals surface area (Å²) < 4.78 is 0. The van der Waals surface area contributed by atoms with Gasteiger partial charge in [0.05, 0.1) is 46.2 Å². The Morgan fingerprint density at radius 1 is 1.12 bits per heavy atom. The number of pyridine rings is 1. The van der Waals surface area contributed by atoms with Crippen LogP contribution in [-0.2, 0) is 0 Å². The van der Waals surface area contributed by atoms with Gasteiger partial charge in [0.1, 0.15) is 11.8 Å². The molecule has 1 aliphatic heterocycles. The molecule has 0 saturated carbocycles. The number of benzene rings is 3. The lowest BCUT2D eigenvalue weighted by atomic mass is 9.99. The summed E-state index contributed by atoms with van der Waals surface area (Å²) in [5, 5.41) is 38.9. The van der Waals surface area contributed by atoms with E-state index in [2.05, 4.69) is 56.2 Å². The molecule has 0 unspecified atom stereocenters. The Hall–Kier alpha value is -4.98. The average Bonchev–Trinajstić information content (AvgIpc) is 3.56. The van der Waals surface area contributed by atoms with Gasteiger partial charge >= 0.3 is 0 Å². The van der Waals surface area contributed by atoms with Crippen molar-refractivity contribution in [3.63, 3.8) is 0 Å². The molecule has 0 bridgehead atoms. The first-order chi connectivity index (χ1) is 20.9. The number of H-pyrrole nitrogens is 1. The zero-order valence-electron chi connectivity index (χ0n) is 23.3. The topological polar surface area (TPSA) is 143 Å². The van der Waals surface area contributed by atoms with Crippen LogP contribution in [0.25, 0.3) is 10.9 Å². The van der Waals surface area contributed by atoms with Crippen molar-refractivity contribution in [3.8, 4) is 6.07 Å². The van der Waals surface area contributed by atoms with Gasteiger partial charge < -0.3 is 20.6 Å². The molecule has 2 aromatic heterocycles. The minimum absolute atomic E-state index is 0.0371. The van der Waals surface area contributed by atoms with Gasteiger partial charge in [0.2, 0.25) is 0 Å². The zero-order valence-corrected chi connectivity index (χ0v) is 24.1. The van der Waals surface area contributed by atoms with Crippen LogP contribution in [0.15, 0.2) is 79.1 Å². The third-order valence-corrected chi connectivity index (χ3v) is 7.92. The number of aromatic nitrogens is 4. The number of β-amino-alcohol motifs (C(OH)–C–C–N with tert-alkyl or cyclic N) is 1. The fourth-order valence-electron chi connectivity index (χ4n) is 5.36. The van der Waals surface area contributed by atoms with Gasteiger partial charge in [0.25, 0.3) is 5.91 Å². The average molecular weight is 593 g/mol. The maximum Gasteiger partial charge on any atom is 0.254 e. The first kappa shape index (κ1) is 28.2.